The third-order valence-electron chi connectivity index (χ3n) is 2.81. The van der Waals surface area contributed by atoms with Crippen molar-refractivity contribution in [1.82, 2.24) is 10.6 Å². The van der Waals surface area contributed by atoms with E-state index in [0.29, 0.717) is 19.1 Å². The molecule has 0 radical (unpaired) electrons. The van der Waals surface area contributed by atoms with Gasteiger partial charge in [-0.25, -0.2) is 0 Å². The Morgan fingerprint density at radius 1 is 1.31 bits per heavy atom. The van der Waals surface area contributed by atoms with Crippen LogP contribution in [0.2, 0.25) is 0 Å². The molecular formula is C12H24N2O2. The molecule has 0 aromatic carbocycles. The fourth-order valence-corrected chi connectivity index (χ4v) is 2.01. The molecule has 0 bridgehead atoms. The van der Waals surface area contributed by atoms with Gasteiger partial charge in [0.1, 0.15) is 0 Å². The van der Waals surface area contributed by atoms with E-state index in [0.717, 1.165) is 12.8 Å². The SMILES string of the molecule is CC(C)(O)CNCC(=O)NC1CCCCC1. The van der Waals surface area contributed by atoms with Crippen molar-refractivity contribution in [3.05, 3.63) is 0 Å². The van der Waals surface area contributed by atoms with E-state index in [1.54, 1.807) is 13.8 Å². The maximum Gasteiger partial charge on any atom is 0.234 e. The molecule has 0 saturated heterocycles. The zero-order valence-corrected chi connectivity index (χ0v) is 10.4. The van der Waals surface area contributed by atoms with Gasteiger partial charge in [-0.15, -0.1) is 0 Å². The second-order valence-electron chi connectivity index (χ2n) is 5.32. The molecule has 0 aromatic heterocycles. The predicted molar refractivity (Wildman–Crippen MR) is 64.2 cm³/mol. The fourth-order valence-electron chi connectivity index (χ4n) is 2.01. The van der Waals surface area contributed by atoms with E-state index in [4.69, 9.17) is 0 Å². The smallest absolute Gasteiger partial charge is 0.234 e. The van der Waals surface area contributed by atoms with E-state index in [9.17, 15) is 9.90 Å². The van der Waals surface area contributed by atoms with Crippen molar-refractivity contribution >= 4 is 5.91 Å². The highest BCUT2D eigenvalue weighted by atomic mass is 16.3. The summed E-state index contributed by atoms with van der Waals surface area (Å²) in [6.07, 6.45) is 5.96. The van der Waals surface area contributed by atoms with Gasteiger partial charge in [0, 0.05) is 12.6 Å². The van der Waals surface area contributed by atoms with Crippen molar-refractivity contribution in [2.45, 2.75) is 57.6 Å². The monoisotopic (exact) mass is 228 g/mol. The van der Waals surface area contributed by atoms with Gasteiger partial charge >= 0.3 is 0 Å². The highest BCUT2D eigenvalue weighted by Crippen LogP contribution is 2.17. The summed E-state index contributed by atoms with van der Waals surface area (Å²) >= 11 is 0. The summed E-state index contributed by atoms with van der Waals surface area (Å²) in [5.74, 6) is 0.0381. The Balaban J connectivity index is 2.10. The number of amides is 1. The van der Waals surface area contributed by atoms with E-state index in [1.807, 2.05) is 0 Å². The van der Waals surface area contributed by atoms with Gasteiger partial charge in [-0.05, 0) is 26.7 Å². The Labute approximate surface area is 97.8 Å². The predicted octanol–water partition coefficient (Wildman–Crippen LogP) is 0.796. The van der Waals surface area contributed by atoms with E-state index in [1.165, 1.54) is 19.3 Å². The van der Waals surface area contributed by atoms with Crippen LogP contribution in [0, 0.1) is 0 Å². The molecule has 4 nitrogen and oxygen atoms in total. The van der Waals surface area contributed by atoms with Crippen LogP contribution in [0.1, 0.15) is 46.0 Å². The third-order valence-corrected chi connectivity index (χ3v) is 2.81. The van der Waals surface area contributed by atoms with Crippen molar-refractivity contribution in [3.8, 4) is 0 Å². The standard InChI is InChI=1S/C12H24N2O2/c1-12(2,16)9-13-8-11(15)14-10-6-4-3-5-7-10/h10,13,16H,3-9H2,1-2H3,(H,14,15). The lowest BCUT2D eigenvalue weighted by molar-refractivity contribution is -0.121. The van der Waals surface area contributed by atoms with E-state index in [2.05, 4.69) is 10.6 Å². The van der Waals surface area contributed by atoms with Gasteiger partial charge in [0.15, 0.2) is 0 Å². The van der Waals surface area contributed by atoms with Gasteiger partial charge in [0.2, 0.25) is 5.91 Å². The van der Waals surface area contributed by atoms with Crippen LogP contribution in [0.25, 0.3) is 0 Å². The summed E-state index contributed by atoms with van der Waals surface area (Å²) in [6, 6.07) is 0.366. The molecule has 1 rings (SSSR count). The molecule has 3 N–H and O–H groups in total. The van der Waals surface area contributed by atoms with Gasteiger partial charge in [0.25, 0.3) is 0 Å². The lowest BCUT2D eigenvalue weighted by Crippen LogP contribution is -2.44. The van der Waals surface area contributed by atoms with E-state index in [-0.39, 0.29) is 5.91 Å². The Kier molecular flexibility index (Phi) is 5.22. The summed E-state index contributed by atoms with van der Waals surface area (Å²) < 4.78 is 0. The minimum atomic E-state index is -0.759. The highest BCUT2D eigenvalue weighted by Gasteiger charge is 2.16. The number of rotatable bonds is 5. The topological polar surface area (TPSA) is 61.4 Å². The van der Waals surface area contributed by atoms with Crippen molar-refractivity contribution < 1.29 is 9.90 Å². The average molecular weight is 228 g/mol. The first kappa shape index (κ1) is 13.5. The van der Waals surface area contributed by atoms with Crippen LogP contribution in [0.4, 0.5) is 0 Å². The van der Waals surface area contributed by atoms with Crippen LogP contribution in [0.5, 0.6) is 0 Å². The van der Waals surface area contributed by atoms with Crippen LogP contribution in [-0.2, 0) is 4.79 Å². The lowest BCUT2D eigenvalue weighted by atomic mass is 9.95. The van der Waals surface area contributed by atoms with E-state index >= 15 is 0 Å². The number of aliphatic hydroxyl groups is 1. The van der Waals surface area contributed by atoms with E-state index < -0.39 is 5.60 Å². The number of carbonyl (C=O) groups is 1. The summed E-state index contributed by atoms with van der Waals surface area (Å²) in [4.78, 5) is 11.5. The molecule has 0 spiro atoms. The van der Waals surface area contributed by atoms with Crippen molar-refractivity contribution in [2.75, 3.05) is 13.1 Å². The van der Waals surface area contributed by atoms with Crippen LogP contribution in [0.15, 0.2) is 0 Å². The molecular weight excluding hydrogens is 204 g/mol. The summed E-state index contributed by atoms with van der Waals surface area (Å²) in [5.41, 5.74) is -0.759. The fraction of sp³-hybridized carbons (Fsp3) is 0.917. The van der Waals surface area contributed by atoms with Gasteiger partial charge < -0.3 is 15.7 Å². The zero-order valence-electron chi connectivity index (χ0n) is 10.4. The number of hydrogen-bond donors (Lipinski definition) is 3. The largest absolute Gasteiger partial charge is 0.389 e. The Hall–Kier alpha value is -0.610. The first-order valence-electron chi connectivity index (χ1n) is 6.20. The lowest BCUT2D eigenvalue weighted by Gasteiger charge is -2.23. The van der Waals surface area contributed by atoms with Crippen LogP contribution in [0.3, 0.4) is 0 Å². The Morgan fingerprint density at radius 2 is 1.94 bits per heavy atom. The highest BCUT2D eigenvalue weighted by molar-refractivity contribution is 5.78. The zero-order chi connectivity index (χ0) is 12.0. The molecule has 1 saturated carbocycles. The molecule has 0 aliphatic heterocycles. The summed E-state index contributed by atoms with van der Waals surface area (Å²) in [5, 5.41) is 15.4. The molecule has 0 atom stereocenters. The van der Waals surface area contributed by atoms with Crippen molar-refractivity contribution in [2.24, 2.45) is 0 Å². The first-order chi connectivity index (χ1) is 7.47. The first-order valence-corrected chi connectivity index (χ1v) is 6.20. The van der Waals surface area contributed by atoms with Crippen molar-refractivity contribution in [3.63, 3.8) is 0 Å². The maximum atomic E-state index is 11.5. The Morgan fingerprint density at radius 3 is 2.50 bits per heavy atom. The molecule has 1 fully saturated rings. The quantitative estimate of drug-likeness (QED) is 0.652. The van der Waals surface area contributed by atoms with Gasteiger partial charge in [-0.1, -0.05) is 19.3 Å². The number of hydrogen-bond acceptors (Lipinski definition) is 3. The molecule has 0 unspecified atom stereocenters. The molecule has 1 amide bonds. The molecule has 1 aliphatic carbocycles. The summed E-state index contributed by atoms with van der Waals surface area (Å²) in [7, 11) is 0. The molecule has 4 heteroatoms. The van der Waals surface area contributed by atoms with Crippen molar-refractivity contribution in [1.29, 1.82) is 0 Å². The normalized spacial score (nSPS) is 18.4. The van der Waals surface area contributed by atoms with Crippen LogP contribution in [-0.4, -0.2) is 35.7 Å². The second kappa shape index (κ2) is 6.21. The Bertz CT molecular complexity index is 218. The molecule has 94 valence electrons. The minimum Gasteiger partial charge on any atom is -0.389 e. The number of nitrogens with one attached hydrogen (secondary N) is 2. The van der Waals surface area contributed by atoms with Crippen LogP contribution >= 0.6 is 0 Å². The van der Waals surface area contributed by atoms with Gasteiger partial charge in [-0.2, -0.15) is 0 Å². The maximum absolute atomic E-state index is 11.5. The number of carbonyl (C=O) groups excluding carboxylic acids is 1. The third kappa shape index (κ3) is 6.08. The summed E-state index contributed by atoms with van der Waals surface area (Å²) in [6.45, 7) is 4.17. The molecule has 1 aliphatic rings. The van der Waals surface area contributed by atoms with Crippen LogP contribution < -0.4 is 10.6 Å². The molecule has 0 aromatic rings. The van der Waals surface area contributed by atoms with Gasteiger partial charge in [-0.3, -0.25) is 4.79 Å². The second-order valence-corrected chi connectivity index (χ2v) is 5.32. The average Bonchev–Trinajstić information content (AvgIpc) is 2.17. The molecule has 16 heavy (non-hydrogen) atoms. The van der Waals surface area contributed by atoms with Gasteiger partial charge in [0.05, 0.1) is 12.1 Å². The minimum absolute atomic E-state index is 0.0381. The molecule has 0 heterocycles.